The van der Waals surface area contributed by atoms with Gasteiger partial charge in [0.1, 0.15) is 0 Å². The van der Waals surface area contributed by atoms with E-state index in [2.05, 4.69) is 15.5 Å². The van der Waals surface area contributed by atoms with Crippen LogP contribution in [0.4, 0.5) is 5.69 Å². The molecule has 0 fully saturated rings. The van der Waals surface area contributed by atoms with Crippen molar-refractivity contribution in [2.45, 2.75) is 6.92 Å². The molecule has 3 rings (SSSR count). The molecule has 1 aromatic heterocycles. The topological polar surface area (TPSA) is 68.0 Å². The number of para-hydroxylation sites is 1. The highest BCUT2D eigenvalue weighted by Gasteiger charge is 2.16. The molecule has 3 aromatic rings. The summed E-state index contributed by atoms with van der Waals surface area (Å²) in [5.41, 5.74) is 2.37. The van der Waals surface area contributed by atoms with Gasteiger partial charge in [0.05, 0.1) is 10.7 Å². The molecule has 0 aliphatic heterocycles. The lowest BCUT2D eigenvalue weighted by atomic mass is 10.1. The second-order valence-electron chi connectivity index (χ2n) is 4.71. The van der Waals surface area contributed by atoms with Gasteiger partial charge in [0, 0.05) is 5.56 Å². The van der Waals surface area contributed by atoms with Crippen molar-refractivity contribution in [3.8, 4) is 11.5 Å². The van der Waals surface area contributed by atoms with Crippen LogP contribution in [0.3, 0.4) is 0 Å². The molecule has 0 spiro atoms. The average Bonchev–Trinajstić information content (AvgIpc) is 3.00. The predicted octanol–water partition coefficient (Wildman–Crippen LogP) is 3.95. The summed E-state index contributed by atoms with van der Waals surface area (Å²) in [6.45, 7) is 1.99. The van der Waals surface area contributed by atoms with Crippen LogP contribution >= 0.6 is 11.6 Å². The van der Waals surface area contributed by atoms with E-state index >= 15 is 0 Å². The van der Waals surface area contributed by atoms with Crippen LogP contribution in [0.5, 0.6) is 0 Å². The standard InChI is InChI=1S/C16H12ClN3O2/c1-10-6-8-11(9-7-10)15-19-20-16(22-15)14(21)18-13-5-3-2-4-12(13)17/h2-9H,1H3,(H,18,21). The van der Waals surface area contributed by atoms with Crippen molar-refractivity contribution in [2.24, 2.45) is 0 Å². The lowest BCUT2D eigenvalue weighted by Crippen LogP contribution is -2.12. The van der Waals surface area contributed by atoms with Gasteiger partial charge in [0.25, 0.3) is 0 Å². The number of carbonyl (C=O) groups excluding carboxylic acids is 1. The Bertz CT molecular complexity index is 812. The van der Waals surface area contributed by atoms with Crippen molar-refractivity contribution >= 4 is 23.2 Å². The number of hydrogen-bond donors (Lipinski definition) is 1. The van der Waals surface area contributed by atoms with E-state index in [9.17, 15) is 4.79 Å². The Hall–Kier alpha value is -2.66. The maximum Gasteiger partial charge on any atom is 0.313 e. The largest absolute Gasteiger partial charge is 0.412 e. The number of anilines is 1. The van der Waals surface area contributed by atoms with Gasteiger partial charge < -0.3 is 9.73 Å². The maximum absolute atomic E-state index is 12.1. The number of benzene rings is 2. The number of nitrogens with one attached hydrogen (secondary N) is 1. The van der Waals surface area contributed by atoms with Crippen LogP contribution in [0.15, 0.2) is 52.9 Å². The predicted molar refractivity (Wildman–Crippen MR) is 83.9 cm³/mol. The quantitative estimate of drug-likeness (QED) is 0.795. The van der Waals surface area contributed by atoms with Gasteiger partial charge in [0.2, 0.25) is 5.89 Å². The van der Waals surface area contributed by atoms with Gasteiger partial charge in [-0.2, -0.15) is 0 Å². The van der Waals surface area contributed by atoms with E-state index in [0.29, 0.717) is 16.6 Å². The summed E-state index contributed by atoms with van der Waals surface area (Å²) in [5.74, 6) is -0.321. The number of carbonyl (C=O) groups is 1. The number of hydrogen-bond acceptors (Lipinski definition) is 4. The minimum atomic E-state index is -0.501. The number of aryl methyl sites for hydroxylation is 1. The van der Waals surface area contributed by atoms with E-state index in [0.717, 1.165) is 11.1 Å². The fraction of sp³-hybridized carbons (Fsp3) is 0.0625. The fourth-order valence-electron chi connectivity index (χ4n) is 1.87. The summed E-state index contributed by atoms with van der Waals surface area (Å²) >= 11 is 5.99. The molecule has 6 heteroatoms. The van der Waals surface area contributed by atoms with E-state index < -0.39 is 5.91 Å². The first kappa shape index (κ1) is 14.3. The zero-order valence-electron chi connectivity index (χ0n) is 11.7. The summed E-state index contributed by atoms with van der Waals surface area (Å²) in [4.78, 5) is 12.1. The van der Waals surface area contributed by atoms with Crippen LogP contribution in [-0.2, 0) is 0 Å². The molecular formula is C16H12ClN3O2. The Morgan fingerprint density at radius 1 is 1.09 bits per heavy atom. The van der Waals surface area contributed by atoms with Gasteiger partial charge in [-0.05, 0) is 31.2 Å². The second-order valence-corrected chi connectivity index (χ2v) is 5.12. The molecule has 0 unspecified atom stereocenters. The van der Waals surface area contributed by atoms with Crippen LogP contribution in [0.25, 0.3) is 11.5 Å². The Morgan fingerprint density at radius 3 is 2.55 bits per heavy atom. The highest BCUT2D eigenvalue weighted by molar-refractivity contribution is 6.33. The summed E-state index contributed by atoms with van der Waals surface area (Å²) in [6.07, 6.45) is 0. The molecule has 0 bridgehead atoms. The first-order valence-electron chi connectivity index (χ1n) is 6.60. The Balaban J connectivity index is 1.80. The van der Waals surface area contributed by atoms with E-state index in [1.165, 1.54) is 0 Å². The van der Waals surface area contributed by atoms with Crippen LogP contribution in [0.2, 0.25) is 5.02 Å². The van der Waals surface area contributed by atoms with E-state index in [1.54, 1.807) is 24.3 Å². The van der Waals surface area contributed by atoms with Crippen molar-refractivity contribution in [1.82, 2.24) is 10.2 Å². The molecule has 0 atom stereocenters. The third kappa shape index (κ3) is 2.99. The first-order chi connectivity index (χ1) is 10.6. The average molecular weight is 314 g/mol. The van der Waals surface area contributed by atoms with Crippen LogP contribution < -0.4 is 5.32 Å². The van der Waals surface area contributed by atoms with Crippen LogP contribution in [-0.4, -0.2) is 16.1 Å². The number of nitrogens with zero attached hydrogens (tertiary/aromatic N) is 2. The molecule has 0 radical (unpaired) electrons. The number of halogens is 1. The second kappa shape index (κ2) is 5.99. The van der Waals surface area contributed by atoms with Gasteiger partial charge in [-0.15, -0.1) is 10.2 Å². The molecule has 1 heterocycles. The smallest absolute Gasteiger partial charge is 0.313 e. The minimum Gasteiger partial charge on any atom is -0.412 e. The molecule has 0 aliphatic rings. The van der Waals surface area contributed by atoms with Crippen molar-refractivity contribution in [3.05, 3.63) is 65.0 Å². The van der Waals surface area contributed by atoms with Gasteiger partial charge in [-0.1, -0.05) is 41.4 Å². The lowest BCUT2D eigenvalue weighted by Gasteiger charge is -2.03. The summed E-state index contributed by atoms with van der Waals surface area (Å²) < 4.78 is 5.41. The molecule has 0 saturated carbocycles. The molecule has 0 aliphatic carbocycles. The molecule has 110 valence electrons. The third-order valence-corrected chi connectivity index (χ3v) is 3.37. The molecule has 2 aromatic carbocycles. The Labute approximate surface area is 131 Å². The monoisotopic (exact) mass is 313 g/mol. The van der Waals surface area contributed by atoms with Crippen molar-refractivity contribution < 1.29 is 9.21 Å². The van der Waals surface area contributed by atoms with Crippen molar-refractivity contribution in [2.75, 3.05) is 5.32 Å². The normalized spacial score (nSPS) is 10.5. The minimum absolute atomic E-state index is 0.115. The van der Waals surface area contributed by atoms with Gasteiger partial charge in [-0.3, -0.25) is 4.79 Å². The molecule has 5 nitrogen and oxygen atoms in total. The van der Waals surface area contributed by atoms with E-state index in [-0.39, 0.29) is 5.89 Å². The first-order valence-corrected chi connectivity index (χ1v) is 6.98. The zero-order valence-corrected chi connectivity index (χ0v) is 12.5. The number of aromatic nitrogens is 2. The number of rotatable bonds is 3. The van der Waals surface area contributed by atoms with Gasteiger partial charge >= 0.3 is 11.8 Å². The maximum atomic E-state index is 12.1. The van der Waals surface area contributed by atoms with E-state index in [1.807, 2.05) is 31.2 Å². The Kier molecular flexibility index (Phi) is 3.89. The fourth-order valence-corrected chi connectivity index (χ4v) is 2.05. The van der Waals surface area contributed by atoms with Crippen molar-refractivity contribution in [3.63, 3.8) is 0 Å². The molecule has 1 amide bonds. The molecule has 1 N–H and O–H groups in total. The van der Waals surface area contributed by atoms with Crippen molar-refractivity contribution in [1.29, 1.82) is 0 Å². The summed E-state index contributed by atoms with van der Waals surface area (Å²) in [5, 5.41) is 10.7. The molecule has 0 saturated heterocycles. The molecule has 22 heavy (non-hydrogen) atoms. The highest BCUT2D eigenvalue weighted by atomic mass is 35.5. The van der Waals surface area contributed by atoms with Crippen LogP contribution in [0.1, 0.15) is 16.2 Å². The highest BCUT2D eigenvalue weighted by Crippen LogP contribution is 2.22. The van der Waals surface area contributed by atoms with E-state index in [4.69, 9.17) is 16.0 Å². The SMILES string of the molecule is Cc1ccc(-c2nnc(C(=O)Nc3ccccc3Cl)o2)cc1. The number of amides is 1. The third-order valence-electron chi connectivity index (χ3n) is 3.04. The zero-order chi connectivity index (χ0) is 15.5. The lowest BCUT2D eigenvalue weighted by molar-refractivity contribution is 0.0991. The molecular weight excluding hydrogens is 302 g/mol. The Morgan fingerprint density at radius 2 is 1.82 bits per heavy atom. The summed E-state index contributed by atoms with van der Waals surface area (Å²) in [6, 6.07) is 14.5. The summed E-state index contributed by atoms with van der Waals surface area (Å²) in [7, 11) is 0. The van der Waals surface area contributed by atoms with Gasteiger partial charge in [0.15, 0.2) is 0 Å². The van der Waals surface area contributed by atoms with Crippen LogP contribution in [0, 0.1) is 6.92 Å². The van der Waals surface area contributed by atoms with Gasteiger partial charge in [-0.25, -0.2) is 0 Å².